The number of urea groups is 1. The molecule has 150 valence electrons. The second-order valence-corrected chi connectivity index (χ2v) is 6.89. The van der Waals surface area contributed by atoms with E-state index in [1.54, 1.807) is 25.2 Å². The molecule has 0 unspecified atom stereocenters. The third-order valence-corrected chi connectivity index (χ3v) is 4.65. The molecular weight excluding hydrogens is 375 g/mol. The summed E-state index contributed by atoms with van der Waals surface area (Å²) in [7, 11) is 1.65. The van der Waals surface area contributed by atoms with Gasteiger partial charge in [0.2, 0.25) is 0 Å². The van der Waals surface area contributed by atoms with Crippen molar-refractivity contribution in [1.29, 1.82) is 0 Å². The zero-order chi connectivity index (χ0) is 20.2. The summed E-state index contributed by atoms with van der Waals surface area (Å²) >= 11 is 0. The van der Waals surface area contributed by atoms with Gasteiger partial charge >= 0.3 is 6.03 Å². The molecule has 1 aliphatic carbocycles. The van der Waals surface area contributed by atoms with Crippen LogP contribution in [0.3, 0.4) is 0 Å². The number of likely N-dealkylation sites (N-methyl/N-ethyl adjacent to an activating group) is 1. The van der Waals surface area contributed by atoms with Crippen molar-refractivity contribution in [2.45, 2.75) is 18.9 Å². The molecule has 8 nitrogen and oxygen atoms in total. The van der Waals surface area contributed by atoms with E-state index in [1.807, 2.05) is 28.9 Å². The second kappa shape index (κ2) is 8.26. The first-order chi connectivity index (χ1) is 14.1. The Hall–Kier alpha value is -3.49. The average Bonchev–Trinajstić information content (AvgIpc) is 3.46. The van der Waals surface area contributed by atoms with Gasteiger partial charge in [-0.15, -0.1) is 5.10 Å². The molecule has 2 amide bonds. The van der Waals surface area contributed by atoms with Crippen molar-refractivity contribution in [3.63, 3.8) is 0 Å². The lowest BCUT2D eigenvalue weighted by atomic mass is 10.2. The Morgan fingerprint density at radius 1 is 1.24 bits per heavy atom. The Labute approximate surface area is 167 Å². The molecule has 0 spiro atoms. The lowest BCUT2D eigenvalue weighted by molar-refractivity contribution is 0.206. The number of tetrazole rings is 1. The summed E-state index contributed by atoms with van der Waals surface area (Å²) in [4.78, 5) is 13.8. The minimum Gasteiger partial charge on any atom is -0.489 e. The van der Waals surface area contributed by atoms with Crippen LogP contribution in [0.25, 0.3) is 11.4 Å². The monoisotopic (exact) mass is 396 g/mol. The van der Waals surface area contributed by atoms with Gasteiger partial charge in [-0.05, 0) is 59.7 Å². The smallest absolute Gasteiger partial charge is 0.321 e. The van der Waals surface area contributed by atoms with Gasteiger partial charge in [0.25, 0.3) is 0 Å². The van der Waals surface area contributed by atoms with E-state index in [0.717, 1.165) is 24.2 Å². The van der Waals surface area contributed by atoms with Crippen LogP contribution in [0.5, 0.6) is 5.75 Å². The fourth-order valence-electron chi connectivity index (χ4n) is 2.83. The Morgan fingerprint density at radius 3 is 2.72 bits per heavy atom. The normalized spacial score (nSPS) is 13.2. The number of rotatable bonds is 7. The van der Waals surface area contributed by atoms with E-state index < -0.39 is 5.82 Å². The topological polar surface area (TPSA) is 85.2 Å². The number of nitrogens with one attached hydrogen (secondary N) is 1. The fraction of sp³-hybridized carbons (Fsp3) is 0.300. The van der Waals surface area contributed by atoms with Crippen LogP contribution in [0.15, 0.2) is 48.5 Å². The highest BCUT2D eigenvalue weighted by Gasteiger charge is 2.28. The van der Waals surface area contributed by atoms with E-state index in [9.17, 15) is 9.18 Å². The van der Waals surface area contributed by atoms with Crippen molar-refractivity contribution in [1.82, 2.24) is 25.1 Å². The maximum atomic E-state index is 13.5. The summed E-state index contributed by atoms with van der Waals surface area (Å²) in [6.45, 7) is 0.502. The summed E-state index contributed by atoms with van der Waals surface area (Å²) in [5.74, 6) is 0.477. The molecule has 1 heterocycles. The number of aromatic nitrogens is 4. The Balaban J connectivity index is 1.29. The van der Waals surface area contributed by atoms with Gasteiger partial charge in [0.1, 0.15) is 6.61 Å². The van der Waals surface area contributed by atoms with Crippen molar-refractivity contribution < 1.29 is 13.9 Å². The number of amides is 2. The summed E-state index contributed by atoms with van der Waals surface area (Å²) in [6.07, 6.45) is 2.19. The molecular formula is C20H21FN6O2. The molecule has 0 radical (unpaired) electrons. The molecule has 1 saturated carbocycles. The van der Waals surface area contributed by atoms with Gasteiger partial charge in [0.05, 0.1) is 12.6 Å². The molecule has 2 aromatic carbocycles. The van der Waals surface area contributed by atoms with E-state index >= 15 is 0 Å². The Bertz CT molecular complexity index is 987. The first kappa shape index (κ1) is 18.9. The molecule has 1 N–H and O–H groups in total. The fourth-order valence-corrected chi connectivity index (χ4v) is 2.83. The quantitative estimate of drug-likeness (QED) is 0.662. The highest BCUT2D eigenvalue weighted by atomic mass is 19.1. The molecule has 1 aliphatic rings. The number of benzene rings is 2. The predicted molar refractivity (Wildman–Crippen MR) is 105 cm³/mol. The maximum absolute atomic E-state index is 13.5. The van der Waals surface area contributed by atoms with Crippen LogP contribution in [-0.2, 0) is 0 Å². The summed E-state index contributed by atoms with van der Waals surface area (Å²) < 4.78 is 20.8. The maximum Gasteiger partial charge on any atom is 0.321 e. The number of para-hydroxylation sites is 1. The van der Waals surface area contributed by atoms with E-state index in [4.69, 9.17) is 4.74 Å². The third-order valence-electron chi connectivity index (χ3n) is 4.65. The second-order valence-electron chi connectivity index (χ2n) is 6.89. The van der Waals surface area contributed by atoms with E-state index in [-0.39, 0.29) is 18.4 Å². The molecule has 0 atom stereocenters. The van der Waals surface area contributed by atoms with Crippen LogP contribution in [0.1, 0.15) is 18.9 Å². The molecule has 0 saturated heterocycles. The van der Waals surface area contributed by atoms with E-state index in [0.29, 0.717) is 18.3 Å². The van der Waals surface area contributed by atoms with Gasteiger partial charge in [0.15, 0.2) is 17.4 Å². The van der Waals surface area contributed by atoms with Gasteiger partial charge in [-0.1, -0.05) is 12.1 Å². The largest absolute Gasteiger partial charge is 0.489 e. The first-order valence-corrected chi connectivity index (χ1v) is 9.39. The standard InChI is InChI=1S/C20H21FN6O2/c1-26(12-13-29-18-5-3-2-4-17(18)21)20(28)22-15-8-6-14(7-9-15)19-23-24-25-27(19)16-10-11-16/h2-9,16H,10-13H2,1H3,(H,22,28). The van der Waals surface area contributed by atoms with Gasteiger partial charge in [-0.3, -0.25) is 0 Å². The summed E-state index contributed by atoms with van der Waals surface area (Å²) in [5, 5.41) is 14.7. The highest BCUT2D eigenvalue weighted by molar-refractivity contribution is 5.89. The lowest BCUT2D eigenvalue weighted by Gasteiger charge is -2.18. The number of hydrogen-bond donors (Lipinski definition) is 1. The lowest BCUT2D eigenvalue weighted by Crippen LogP contribution is -2.34. The summed E-state index contributed by atoms with van der Waals surface area (Å²) in [6, 6.07) is 13.7. The van der Waals surface area contributed by atoms with Crippen LogP contribution >= 0.6 is 0 Å². The molecule has 1 fully saturated rings. The van der Waals surface area contributed by atoms with Crippen molar-refractivity contribution in [3.05, 3.63) is 54.3 Å². The number of halogens is 1. The van der Waals surface area contributed by atoms with Crippen molar-refractivity contribution >= 4 is 11.7 Å². The summed E-state index contributed by atoms with van der Waals surface area (Å²) in [5.41, 5.74) is 1.55. The van der Waals surface area contributed by atoms with Crippen LogP contribution in [0.2, 0.25) is 0 Å². The molecule has 29 heavy (non-hydrogen) atoms. The van der Waals surface area contributed by atoms with E-state index in [2.05, 4.69) is 20.8 Å². The molecule has 3 aromatic rings. The zero-order valence-corrected chi connectivity index (χ0v) is 16.0. The third kappa shape index (κ3) is 4.50. The molecule has 4 rings (SSSR count). The number of carbonyl (C=O) groups excluding carboxylic acids is 1. The molecule has 9 heteroatoms. The number of nitrogens with zero attached hydrogens (tertiary/aromatic N) is 5. The van der Waals surface area contributed by atoms with E-state index in [1.165, 1.54) is 11.0 Å². The highest BCUT2D eigenvalue weighted by Crippen LogP contribution is 2.36. The van der Waals surface area contributed by atoms with Gasteiger partial charge < -0.3 is 15.0 Å². The number of hydrogen-bond acceptors (Lipinski definition) is 5. The van der Waals surface area contributed by atoms with Gasteiger partial charge in [-0.2, -0.15) is 0 Å². The van der Waals surface area contributed by atoms with Crippen LogP contribution < -0.4 is 10.1 Å². The Kier molecular flexibility index (Phi) is 5.37. The zero-order valence-electron chi connectivity index (χ0n) is 16.0. The first-order valence-electron chi connectivity index (χ1n) is 9.39. The van der Waals surface area contributed by atoms with Crippen molar-refractivity contribution in [2.24, 2.45) is 0 Å². The van der Waals surface area contributed by atoms with Crippen molar-refractivity contribution in [3.8, 4) is 17.1 Å². The minimum atomic E-state index is -0.424. The van der Waals surface area contributed by atoms with Crippen molar-refractivity contribution in [2.75, 3.05) is 25.5 Å². The molecule has 0 aliphatic heterocycles. The molecule has 1 aromatic heterocycles. The number of anilines is 1. The molecule has 0 bridgehead atoms. The predicted octanol–water partition coefficient (Wildman–Crippen LogP) is 3.36. The minimum absolute atomic E-state index is 0.172. The average molecular weight is 396 g/mol. The van der Waals surface area contributed by atoms with Crippen LogP contribution in [0.4, 0.5) is 14.9 Å². The Morgan fingerprint density at radius 2 is 2.00 bits per heavy atom. The van der Waals surface area contributed by atoms with Crippen LogP contribution in [0, 0.1) is 5.82 Å². The number of ether oxygens (including phenoxy) is 1. The number of carbonyl (C=O) groups is 1. The van der Waals surface area contributed by atoms with Gasteiger partial charge in [0, 0.05) is 18.3 Å². The van der Waals surface area contributed by atoms with Crippen LogP contribution in [-0.4, -0.2) is 51.3 Å². The SMILES string of the molecule is CN(CCOc1ccccc1F)C(=O)Nc1ccc(-c2nnnn2C2CC2)cc1. The van der Waals surface area contributed by atoms with Gasteiger partial charge in [-0.25, -0.2) is 13.9 Å².